The molecule has 2 heterocycles. The van der Waals surface area contributed by atoms with Crippen LogP contribution in [-0.4, -0.2) is 60.5 Å². The molecule has 4 unspecified atom stereocenters. The summed E-state index contributed by atoms with van der Waals surface area (Å²) in [5.74, 6) is 0. The van der Waals surface area contributed by atoms with E-state index in [1.807, 2.05) is 0 Å². The molecule has 4 heteroatoms. The molecule has 2 saturated heterocycles. The van der Waals surface area contributed by atoms with Crippen LogP contribution in [0, 0.1) is 5.41 Å². The van der Waals surface area contributed by atoms with Gasteiger partial charge in [0, 0.05) is 30.6 Å². The number of fused-ring (bicyclic) bond motifs is 1. The van der Waals surface area contributed by atoms with E-state index in [2.05, 4.69) is 24.1 Å². The van der Waals surface area contributed by atoms with Crippen LogP contribution in [-0.2, 0) is 4.74 Å². The molecule has 0 aromatic carbocycles. The fraction of sp³-hybridized carbons (Fsp3) is 1.00. The summed E-state index contributed by atoms with van der Waals surface area (Å²) in [5, 5.41) is 13.3. The number of hydrogen-bond acceptors (Lipinski definition) is 4. The van der Waals surface area contributed by atoms with Gasteiger partial charge in [0.15, 0.2) is 0 Å². The number of rotatable bonds is 3. The molecule has 3 fully saturated rings. The largest absolute Gasteiger partial charge is 0.392 e. The van der Waals surface area contributed by atoms with Crippen molar-refractivity contribution in [2.75, 3.05) is 26.2 Å². The van der Waals surface area contributed by atoms with Crippen LogP contribution >= 0.6 is 0 Å². The molecule has 18 heavy (non-hydrogen) atoms. The summed E-state index contributed by atoms with van der Waals surface area (Å²) in [6.07, 6.45) is 3.70. The van der Waals surface area contributed by atoms with Crippen LogP contribution in [0.5, 0.6) is 0 Å². The van der Waals surface area contributed by atoms with Gasteiger partial charge in [-0.25, -0.2) is 0 Å². The second-order valence-electron chi connectivity index (χ2n) is 6.78. The number of nitrogens with one attached hydrogen (secondary N) is 1. The first kappa shape index (κ1) is 12.9. The summed E-state index contributed by atoms with van der Waals surface area (Å²) in [6.45, 7) is 8.42. The van der Waals surface area contributed by atoms with Gasteiger partial charge in [-0.15, -0.1) is 0 Å². The van der Waals surface area contributed by atoms with Crippen molar-refractivity contribution in [2.45, 2.75) is 57.4 Å². The summed E-state index contributed by atoms with van der Waals surface area (Å²) in [4.78, 5) is 2.58. The summed E-state index contributed by atoms with van der Waals surface area (Å²) in [5.41, 5.74) is 0.0187. The predicted molar refractivity (Wildman–Crippen MR) is 70.5 cm³/mol. The molecule has 0 amide bonds. The topological polar surface area (TPSA) is 44.7 Å². The molecular weight excluding hydrogens is 228 g/mol. The zero-order chi connectivity index (χ0) is 12.8. The van der Waals surface area contributed by atoms with Crippen LogP contribution in [0.3, 0.4) is 0 Å². The summed E-state index contributed by atoms with van der Waals surface area (Å²) in [6, 6.07) is 1.12. The van der Waals surface area contributed by atoms with Gasteiger partial charge >= 0.3 is 0 Å². The smallest absolute Gasteiger partial charge is 0.0827 e. The molecule has 4 nitrogen and oxygen atoms in total. The second kappa shape index (κ2) is 4.75. The number of nitrogens with zero attached hydrogens (tertiary/aromatic N) is 1. The average molecular weight is 254 g/mol. The van der Waals surface area contributed by atoms with Crippen LogP contribution in [0.25, 0.3) is 0 Å². The van der Waals surface area contributed by atoms with Gasteiger partial charge in [0.05, 0.1) is 18.8 Å². The first-order valence-electron chi connectivity index (χ1n) is 7.34. The van der Waals surface area contributed by atoms with Crippen molar-refractivity contribution in [3.8, 4) is 0 Å². The third-order valence-electron chi connectivity index (χ3n) is 5.27. The van der Waals surface area contributed by atoms with Gasteiger partial charge in [-0.05, 0) is 25.8 Å². The van der Waals surface area contributed by atoms with E-state index in [0.717, 1.165) is 26.1 Å². The maximum atomic E-state index is 9.73. The molecule has 0 bridgehead atoms. The van der Waals surface area contributed by atoms with Crippen molar-refractivity contribution in [3.05, 3.63) is 0 Å². The van der Waals surface area contributed by atoms with Gasteiger partial charge in [0.1, 0.15) is 0 Å². The van der Waals surface area contributed by atoms with E-state index in [0.29, 0.717) is 18.2 Å². The SMILES string of the molecule is CC1(C)C(O)CC1NCC1CN2CCCC2CO1. The van der Waals surface area contributed by atoms with Crippen molar-refractivity contribution in [1.82, 2.24) is 10.2 Å². The third-order valence-corrected chi connectivity index (χ3v) is 5.27. The van der Waals surface area contributed by atoms with Gasteiger partial charge in [-0.2, -0.15) is 0 Å². The maximum absolute atomic E-state index is 9.73. The minimum atomic E-state index is -0.148. The molecule has 3 aliphatic rings. The van der Waals surface area contributed by atoms with Crippen molar-refractivity contribution >= 4 is 0 Å². The van der Waals surface area contributed by atoms with Gasteiger partial charge in [0.25, 0.3) is 0 Å². The first-order valence-corrected chi connectivity index (χ1v) is 7.34. The highest BCUT2D eigenvalue weighted by Crippen LogP contribution is 2.40. The number of morpholine rings is 1. The zero-order valence-corrected chi connectivity index (χ0v) is 11.6. The molecule has 104 valence electrons. The number of ether oxygens (including phenoxy) is 1. The van der Waals surface area contributed by atoms with Gasteiger partial charge < -0.3 is 15.2 Å². The Morgan fingerprint density at radius 2 is 2.28 bits per heavy atom. The van der Waals surface area contributed by atoms with Gasteiger partial charge in [0.2, 0.25) is 0 Å². The molecule has 0 aromatic heterocycles. The highest BCUT2D eigenvalue weighted by Gasteiger charge is 2.47. The normalized spacial score (nSPS) is 43.5. The highest BCUT2D eigenvalue weighted by atomic mass is 16.5. The maximum Gasteiger partial charge on any atom is 0.0827 e. The molecule has 0 radical (unpaired) electrons. The first-order chi connectivity index (χ1) is 8.57. The van der Waals surface area contributed by atoms with Crippen LogP contribution in [0.2, 0.25) is 0 Å². The van der Waals surface area contributed by atoms with E-state index in [-0.39, 0.29) is 11.5 Å². The average Bonchev–Trinajstić information content (AvgIpc) is 2.81. The minimum absolute atomic E-state index is 0.0187. The van der Waals surface area contributed by atoms with E-state index in [1.165, 1.54) is 19.4 Å². The highest BCUT2D eigenvalue weighted by molar-refractivity contribution is 5.02. The Labute approximate surface area is 110 Å². The predicted octanol–water partition coefficient (Wildman–Crippen LogP) is 0.599. The Bertz CT molecular complexity index is 308. The van der Waals surface area contributed by atoms with Crippen molar-refractivity contribution < 1.29 is 9.84 Å². The lowest BCUT2D eigenvalue weighted by molar-refractivity contribution is -0.0857. The lowest BCUT2D eigenvalue weighted by atomic mass is 9.64. The lowest BCUT2D eigenvalue weighted by Gasteiger charge is -2.50. The van der Waals surface area contributed by atoms with Crippen LogP contribution in [0.1, 0.15) is 33.1 Å². The van der Waals surface area contributed by atoms with Gasteiger partial charge in [-0.3, -0.25) is 4.90 Å². The van der Waals surface area contributed by atoms with E-state index in [1.54, 1.807) is 0 Å². The van der Waals surface area contributed by atoms with Crippen molar-refractivity contribution in [3.63, 3.8) is 0 Å². The van der Waals surface area contributed by atoms with Gasteiger partial charge in [-0.1, -0.05) is 13.8 Å². The Morgan fingerprint density at radius 1 is 1.44 bits per heavy atom. The minimum Gasteiger partial charge on any atom is -0.392 e. The van der Waals surface area contributed by atoms with E-state index < -0.39 is 0 Å². The zero-order valence-electron chi connectivity index (χ0n) is 11.6. The monoisotopic (exact) mass is 254 g/mol. The van der Waals surface area contributed by atoms with Crippen LogP contribution in [0.15, 0.2) is 0 Å². The van der Waals surface area contributed by atoms with E-state index in [9.17, 15) is 5.11 Å². The molecular formula is C14H26N2O2. The fourth-order valence-corrected chi connectivity index (χ4v) is 3.53. The standard InChI is InChI=1S/C14H26N2O2/c1-14(2)12(6-13(14)17)15-7-11-8-16-5-3-4-10(16)9-18-11/h10-13,15,17H,3-9H2,1-2H3. The Balaban J connectivity index is 1.44. The van der Waals surface area contributed by atoms with Crippen molar-refractivity contribution in [2.24, 2.45) is 5.41 Å². The lowest BCUT2D eigenvalue weighted by Crippen LogP contribution is -2.62. The molecule has 1 aliphatic carbocycles. The van der Waals surface area contributed by atoms with Crippen LogP contribution < -0.4 is 5.32 Å². The van der Waals surface area contributed by atoms with Crippen LogP contribution in [0.4, 0.5) is 0 Å². The van der Waals surface area contributed by atoms with E-state index >= 15 is 0 Å². The summed E-state index contributed by atoms with van der Waals surface area (Å²) in [7, 11) is 0. The Hall–Kier alpha value is -0.160. The fourth-order valence-electron chi connectivity index (χ4n) is 3.53. The number of hydrogen-bond donors (Lipinski definition) is 2. The summed E-state index contributed by atoms with van der Waals surface area (Å²) < 4.78 is 5.94. The van der Waals surface area contributed by atoms with Crippen molar-refractivity contribution in [1.29, 1.82) is 0 Å². The molecule has 0 aromatic rings. The number of aliphatic hydroxyl groups excluding tert-OH is 1. The molecule has 2 aliphatic heterocycles. The molecule has 2 N–H and O–H groups in total. The summed E-state index contributed by atoms with van der Waals surface area (Å²) >= 11 is 0. The second-order valence-corrected chi connectivity index (χ2v) is 6.78. The Morgan fingerprint density at radius 3 is 3.00 bits per heavy atom. The Kier molecular flexibility index (Phi) is 3.39. The quantitative estimate of drug-likeness (QED) is 0.774. The molecule has 4 atom stereocenters. The van der Waals surface area contributed by atoms with E-state index in [4.69, 9.17) is 4.74 Å². The molecule has 0 spiro atoms. The number of aliphatic hydroxyl groups is 1. The molecule has 1 saturated carbocycles. The molecule has 3 rings (SSSR count). The third kappa shape index (κ3) is 2.20.